The predicted molar refractivity (Wildman–Crippen MR) is 87.8 cm³/mol. The van der Waals surface area contributed by atoms with E-state index >= 15 is 0 Å². The van der Waals surface area contributed by atoms with Gasteiger partial charge in [-0.3, -0.25) is 15.2 Å². The number of hydrogen-bond acceptors (Lipinski definition) is 4. The van der Waals surface area contributed by atoms with Crippen LogP contribution in [0.3, 0.4) is 0 Å². The molecule has 0 aromatic heterocycles. The van der Waals surface area contributed by atoms with Gasteiger partial charge in [0, 0.05) is 16.1 Å². The number of nitrogens with one attached hydrogen (secondary N) is 1. The van der Waals surface area contributed by atoms with Crippen LogP contribution in [0.2, 0.25) is 5.02 Å². The number of halogens is 1. The Morgan fingerprint density at radius 2 is 1.77 bits per heavy atom. The molecule has 2 aromatic carbocycles. The summed E-state index contributed by atoms with van der Waals surface area (Å²) in [5, 5.41) is 0.600. The first-order valence-corrected chi connectivity index (χ1v) is 7.06. The molecule has 110 valence electrons. The molecule has 0 atom stereocenters. The summed E-state index contributed by atoms with van der Waals surface area (Å²) in [5.41, 5.74) is 5.37. The first-order valence-electron chi connectivity index (χ1n) is 6.68. The molecule has 0 spiro atoms. The quantitative estimate of drug-likeness (QED) is 0.507. The van der Waals surface area contributed by atoms with E-state index in [1.54, 1.807) is 6.07 Å². The number of para-hydroxylation sites is 1. The van der Waals surface area contributed by atoms with Crippen molar-refractivity contribution in [3.8, 4) is 0 Å². The Balaban J connectivity index is 2.17. The number of hydrogen-bond donors (Lipinski definition) is 2. The summed E-state index contributed by atoms with van der Waals surface area (Å²) < 4.78 is 0. The largest absolute Gasteiger partial charge is 0.289 e. The normalized spacial score (nSPS) is 13.5. The second kappa shape index (κ2) is 6.09. The fraction of sp³-hybridized carbons (Fsp3) is 0.0625. The Kier molecular flexibility index (Phi) is 4.00. The lowest BCUT2D eigenvalue weighted by atomic mass is 10.0. The van der Waals surface area contributed by atoms with Crippen LogP contribution in [0.25, 0.3) is 0 Å². The summed E-state index contributed by atoms with van der Waals surface area (Å²) >= 11 is 6.29. The van der Waals surface area contributed by atoms with E-state index in [2.05, 4.69) is 15.4 Å². The van der Waals surface area contributed by atoms with Crippen LogP contribution in [0, 0.1) is 0 Å². The third kappa shape index (κ3) is 2.64. The van der Waals surface area contributed by atoms with E-state index in [4.69, 9.17) is 17.4 Å². The Bertz CT molecular complexity index is 798. The van der Waals surface area contributed by atoms with E-state index in [0.717, 1.165) is 11.1 Å². The molecule has 5 nitrogen and oxygen atoms in total. The molecule has 6 heteroatoms. The van der Waals surface area contributed by atoms with Gasteiger partial charge in [0.25, 0.3) is 5.91 Å². The van der Waals surface area contributed by atoms with Gasteiger partial charge in [0.2, 0.25) is 0 Å². The van der Waals surface area contributed by atoms with Gasteiger partial charge in [0.1, 0.15) is 5.71 Å². The number of rotatable bonds is 2. The molecule has 0 bridgehead atoms. The van der Waals surface area contributed by atoms with Crippen LogP contribution in [0.1, 0.15) is 11.1 Å². The third-order valence-electron chi connectivity index (χ3n) is 3.32. The molecule has 2 aromatic rings. The lowest BCUT2D eigenvalue weighted by Gasteiger charge is -2.09. The molecule has 1 amide bonds. The molecule has 0 aliphatic carbocycles. The Morgan fingerprint density at radius 1 is 1.09 bits per heavy atom. The van der Waals surface area contributed by atoms with E-state index in [1.807, 2.05) is 42.5 Å². The van der Waals surface area contributed by atoms with Gasteiger partial charge >= 0.3 is 0 Å². The van der Waals surface area contributed by atoms with E-state index in [9.17, 15) is 4.79 Å². The number of aliphatic imine (C=N–C) groups is 2. The van der Waals surface area contributed by atoms with E-state index in [1.165, 1.54) is 0 Å². The van der Waals surface area contributed by atoms with Crippen LogP contribution in [-0.2, 0) is 4.79 Å². The van der Waals surface area contributed by atoms with Crippen molar-refractivity contribution < 1.29 is 4.79 Å². The maximum Gasteiger partial charge on any atom is 0.281 e. The fourth-order valence-corrected chi connectivity index (χ4v) is 2.51. The van der Waals surface area contributed by atoms with Crippen molar-refractivity contribution in [2.75, 3.05) is 6.54 Å². The number of hydrazine groups is 1. The maximum atomic E-state index is 11.8. The predicted octanol–water partition coefficient (Wildman–Crippen LogP) is 2.25. The van der Waals surface area contributed by atoms with Crippen molar-refractivity contribution in [1.82, 2.24) is 5.43 Å². The number of benzene rings is 2. The molecule has 22 heavy (non-hydrogen) atoms. The van der Waals surface area contributed by atoms with Crippen LogP contribution in [0.5, 0.6) is 0 Å². The standard InChI is InChI=1S/C16H13ClN4O/c17-12-7-3-1-5-10(12)15-11-6-2-4-8-13(11)20-14(9-19-15)16(22)21-18/h1-8H,9,18H2,(H,21,22). The smallest absolute Gasteiger partial charge is 0.281 e. The molecule has 1 heterocycles. The summed E-state index contributed by atoms with van der Waals surface area (Å²) in [5.74, 6) is 4.75. The molecule has 0 fully saturated rings. The highest BCUT2D eigenvalue weighted by atomic mass is 35.5. The average molecular weight is 313 g/mol. The molecule has 3 rings (SSSR count). The fourth-order valence-electron chi connectivity index (χ4n) is 2.28. The van der Waals surface area contributed by atoms with Crippen molar-refractivity contribution in [3.05, 3.63) is 64.7 Å². The number of nitrogens with zero attached hydrogens (tertiary/aromatic N) is 2. The van der Waals surface area contributed by atoms with Gasteiger partial charge in [-0.15, -0.1) is 0 Å². The van der Waals surface area contributed by atoms with Gasteiger partial charge in [0.15, 0.2) is 0 Å². The van der Waals surface area contributed by atoms with E-state index in [-0.39, 0.29) is 12.3 Å². The Morgan fingerprint density at radius 3 is 2.50 bits per heavy atom. The van der Waals surface area contributed by atoms with Gasteiger partial charge in [-0.2, -0.15) is 0 Å². The van der Waals surface area contributed by atoms with Gasteiger partial charge < -0.3 is 0 Å². The Labute approximate surface area is 132 Å². The van der Waals surface area contributed by atoms with Crippen LogP contribution < -0.4 is 11.3 Å². The highest BCUT2D eigenvalue weighted by Crippen LogP contribution is 2.28. The summed E-state index contributed by atoms with van der Waals surface area (Å²) in [6.45, 7) is 0.137. The summed E-state index contributed by atoms with van der Waals surface area (Å²) in [6, 6.07) is 14.9. The minimum absolute atomic E-state index is 0.137. The van der Waals surface area contributed by atoms with Gasteiger partial charge in [-0.1, -0.05) is 48.0 Å². The SMILES string of the molecule is NNC(=O)C1=Nc2ccccc2C(c2ccccc2Cl)=NC1. The monoisotopic (exact) mass is 312 g/mol. The van der Waals surface area contributed by atoms with Crippen molar-refractivity contribution in [2.24, 2.45) is 15.8 Å². The third-order valence-corrected chi connectivity index (χ3v) is 3.65. The second-order valence-electron chi connectivity index (χ2n) is 4.69. The van der Waals surface area contributed by atoms with E-state index < -0.39 is 5.91 Å². The number of carbonyl (C=O) groups is 1. The summed E-state index contributed by atoms with van der Waals surface area (Å²) in [4.78, 5) is 20.7. The number of fused-ring (bicyclic) bond motifs is 1. The number of amides is 1. The van der Waals surface area contributed by atoms with Crippen LogP contribution in [0.15, 0.2) is 58.5 Å². The average Bonchev–Trinajstić information content (AvgIpc) is 2.74. The van der Waals surface area contributed by atoms with Crippen LogP contribution >= 0.6 is 11.6 Å². The molecule has 1 aliphatic rings. The lowest BCUT2D eigenvalue weighted by molar-refractivity contribution is -0.114. The molecule has 0 radical (unpaired) electrons. The highest BCUT2D eigenvalue weighted by Gasteiger charge is 2.20. The number of carbonyl (C=O) groups excluding carboxylic acids is 1. The van der Waals surface area contributed by atoms with Gasteiger partial charge in [0.05, 0.1) is 17.9 Å². The summed E-state index contributed by atoms with van der Waals surface area (Å²) in [7, 11) is 0. The molecule has 0 saturated carbocycles. The maximum absolute atomic E-state index is 11.8. The molecule has 3 N–H and O–H groups in total. The van der Waals surface area contributed by atoms with Crippen molar-refractivity contribution in [3.63, 3.8) is 0 Å². The zero-order valence-electron chi connectivity index (χ0n) is 11.6. The lowest BCUT2D eigenvalue weighted by Crippen LogP contribution is -2.37. The zero-order chi connectivity index (χ0) is 15.5. The van der Waals surface area contributed by atoms with Gasteiger partial charge in [-0.05, 0) is 12.1 Å². The molecular formula is C16H13ClN4O. The van der Waals surface area contributed by atoms with Crippen molar-refractivity contribution in [2.45, 2.75) is 0 Å². The first kappa shape index (κ1) is 14.4. The Hall–Kier alpha value is -2.50. The van der Waals surface area contributed by atoms with E-state index in [0.29, 0.717) is 16.4 Å². The second-order valence-corrected chi connectivity index (χ2v) is 5.10. The summed E-state index contributed by atoms with van der Waals surface area (Å²) in [6.07, 6.45) is 0. The first-order chi connectivity index (χ1) is 10.7. The topological polar surface area (TPSA) is 79.8 Å². The molecule has 0 saturated heterocycles. The molecule has 0 unspecified atom stereocenters. The van der Waals surface area contributed by atoms with Crippen LogP contribution in [0.4, 0.5) is 5.69 Å². The van der Waals surface area contributed by atoms with Crippen molar-refractivity contribution >= 4 is 34.6 Å². The number of nitrogens with two attached hydrogens (primary N) is 1. The van der Waals surface area contributed by atoms with Gasteiger partial charge in [-0.25, -0.2) is 10.8 Å². The minimum atomic E-state index is -0.445. The van der Waals surface area contributed by atoms with Crippen LogP contribution in [-0.4, -0.2) is 23.9 Å². The minimum Gasteiger partial charge on any atom is -0.289 e. The highest BCUT2D eigenvalue weighted by molar-refractivity contribution is 6.41. The molecular weight excluding hydrogens is 300 g/mol. The zero-order valence-corrected chi connectivity index (χ0v) is 12.3. The molecule has 1 aliphatic heterocycles. The van der Waals surface area contributed by atoms with Crippen molar-refractivity contribution in [1.29, 1.82) is 0 Å².